The molecule has 0 aliphatic carbocycles. The van der Waals surface area contributed by atoms with E-state index in [1.165, 1.54) is 0 Å². The van der Waals surface area contributed by atoms with Gasteiger partial charge in [-0.1, -0.05) is 30.3 Å². The molecule has 0 fully saturated rings. The van der Waals surface area contributed by atoms with Crippen molar-refractivity contribution >= 4 is 27.9 Å². The molecular formula is C26H23N3O3. The molecule has 3 aromatic carbocycles. The zero-order valence-electron chi connectivity index (χ0n) is 17.7. The van der Waals surface area contributed by atoms with Gasteiger partial charge >= 0.3 is 0 Å². The van der Waals surface area contributed by atoms with E-state index in [0.29, 0.717) is 36.4 Å². The van der Waals surface area contributed by atoms with Gasteiger partial charge in [-0.2, -0.15) is 0 Å². The Morgan fingerprint density at radius 3 is 2.81 bits per heavy atom. The van der Waals surface area contributed by atoms with Crippen LogP contribution < -0.4 is 10.1 Å². The standard InChI is InChI=1S/C26H23N3O3/c1-31-20-8-10-22-21(15-20)19(16-28-22)11-12-27-26(30)18-7-9-23-24(14-18)32-25(29-23)13-17-5-3-2-4-6-17/h2-10,14-16,28H,11-13H2,1H3,(H,27,30). The molecule has 2 heterocycles. The summed E-state index contributed by atoms with van der Waals surface area (Å²) in [5, 5.41) is 4.10. The van der Waals surface area contributed by atoms with E-state index in [1.807, 2.05) is 60.8 Å². The number of nitrogens with one attached hydrogen (secondary N) is 2. The lowest BCUT2D eigenvalue weighted by Crippen LogP contribution is -2.25. The van der Waals surface area contributed by atoms with Crippen LogP contribution in [0, 0.1) is 0 Å². The Kier molecular flexibility index (Phi) is 5.34. The van der Waals surface area contributed by atoms with Crippen molar-refractivity contribution in [3.63, 3.8) is 0 Å². The Bertz CT molecular complexity index is 1390. The fraction of sp³-hybridized carbons (Fsp3) is 0.154. The molecule has 0 saturated heterocycles. The first kappa shape index (κ1) is 19.9. The molecule has 6 heteroatoms. The highest BCUT2D eigenvalue weighted by molar-refractivity contribution is 5.97. The van der Waals surface area contributed by atoms with Crippen LogP contribution in [0.2, 0.25) is 0 Å². The largest absolute Gasteiger partial charge is 0.497 e. The fourth-order valence-corrected chi connectivity index (χ4v) is 3.86. The molecule has 0 spiro atoms. The molecule has 0 atom stereocenters. The molecule has 160 valence electrons. The summed E-state index contributed by atoms with van der Waals surface area (Å²) in [7, 11) is 1.66. The molecule has 1 amide bonds. The summed E-state index contributed by atoms with van der Waals surface area (Å²) in [5.41, 5.74) is 5.24. The highest BCUT2D eigenvalue weighted by Gasteiger charge is 2.12. The molecule has 0 saturated carbocycles. The summed E-state index contributed by atoms with van der Waals surface area (Å²) in [6.45, 7) is 0.524. The second-order valence-corrected chi connectivity index (χ2v) is 7.68. The third-order valence-corrected chi connectivity index (χ3v) is 5.55. The van der Waals surface area contributed by atoms with Gasteiger partial charge in [0.25, 0.3) is 5.91 Å². The summed E-state index contributed by atoms with van der Waals surface area (Å²) < 4.78 is 11.2. The zero-order chi connectivity index (χ0) is 21.9. The van der Waals surface area contributed by atoms with E-state index in [-0.39, 0.29) is 5.91 Å². The van der Waals surface area contributed by atoms with E-state index >= 15 is 0 Å². The second kappa shape index (κ2) is 8.59. The Labute approximate surface area is 185 Å². The Morgan fingerprint density at radius 2 is 1.97 bits per heavy atom. The van der Waals surface area contributed by atoms with E-state index in [9.17, 15) is 4.79 Å². The lowest BCUT2D eigenvalue weighted by atomic mass is 10.1. The Balaban J connectivity index is 1.25. The zero-order valence-corrected chi connectivity index (χ0v) is 17.7. The topological polar surface area (TPSA) is 80.1 Å². The van der Waals surface area contributed by atoms with Gasteiger partial charge in [-0.15, -0.1) is 0 Å². The summed E-state index contributed by atoms with van der Waals surface area (Å²) in [5.74, 6) is 1.32. The van der Waals surface area contributed by atoms with Crippen LogP contribution >= 0.6 is 0 Å². The average molecular weight is 425 g/mol. The maximum atomic E-state index is 12.7. The number of aromatic amines is 1. The van der Waals surface area contributed by atoms with Crippen LogP contribution in [0.4, 0.5) is 0 Å². The monoisotopic (exact) mass is 425 g/mol. The van der Waals surface area contributed by atoms with Crippen molar-refractivity contribution < 1.29 is 13.9 Å². The number of oxazole rings is 1. The molecular weight excluding hydrogens is 402 g/mol. The summed E-state index contributed by atoms with van der Waals surface area (Å²) in [6.07, 6.45) is 3.31. The van der Waals surface area contributed by atoms with Crippen molar-refractivity contribution in [2.75, 3.05) is 13.7 Å². The molecule has 2 N–H and O–H groups in total. The third kappa shape index (κ3) is 4.07. The fourth-order valence-electron chi connectivity index (χ4n) is 3.86. The van der Waals surface area contributed by atoms with E-state index in [4.69, 9.17) is 9.15 Å². The number of fused-ring (bicyclic) bond motifs is 2. The Morgan fingerprint density at radius 1 is 1.09 bits per heavy atom. The van der Waals surface area contributed by atoms with Crippen molar-refractivity contribution in [2.24, 2.45) is 0 Å². The van der Waals surface area contributed by atoms with Crippen LogP contribution in [0.5, 0.6) is 5.75 Å². The van der Waals surface area contributed by atoms with Crippen LogP contribution in [0.15, 0.2) is 77.3 Å². The minimum Gasteiger partial charge on any atom is -0.497 e. The summed E-state index contributed by atoms with van der Waals surface area (Å²) in [4.78, 5) is 20.5. The SMILES string of the molecule is COc1ccc2[nH]cc(CCNC(=O)c3ccc4nc(Cc5ccccc5)oc4c3)c2c1. The summed E-state index contributed by atoms with van der Waals surface area (Å²) >= 11 is 0. The van der Waals surface area contributed by atoms with Gasteiger partial charge in [-0.05, 0) is 53.9 Å². The number of H-pyrrole nitrogens is 1. The smallest absolute Gasteiger partial charge is 0.251 e. The first-order chi connectivity index (χ1) is 15.7. The number of methoxy groups -OCH3 is 1. The quantitative estimate of drug-likeness (QED) is 0.389. The predicted octanol–water partition coefficient (Wildman–Crippen LogP) is 4.88. The van der Waals surface area contributed by atoms with E-state index in [0.717, 1.165) is 33.3 Å². The first-order valence-electron chi connectivity index (χ1n) is 10.6. The minimum absolute atomic E-state index is 0.134. The predicted molar refractivity (Wildman–Crippen MR) is 124 cm³/mol. The molecule has 6 nitrogen and oxygen atoms in total. The summed E-state index contributed by atoms with van der Waals surface area (Å²) in [6, 6.07) is 21.3. The van der Waals surface area contributed by atoms with Gasteiger partial charge in [0.05, 0.1) is 7.11 Å². The van der Waals surface area contributed by atoms with Gasteiger partial charge in [0, 0.05) is 35.6 Å². The van der Waals surface area contributed by atoms with E-state index < -0.39 is 0 Å². The van der Waals surface area contributed by atoms with Crippen LogP contribution in [0.1, 0.15) is 27.4 Å². The van der Waals surface area contributed by atoms with Crippen molar-refractivity contribution in [1.82, 2.24) is 15.3 Å². The van der Waals surface area contributed by atoms with Gasteiger partial charge in [-0.3, -0.25) is 4.79 Å². The lowest BCUT2D eigenvalue weighted by molar-refractivity contribution is 0.0954. The van der Waals surface area contributed by atoms with Crippen LogP contribution in [-0.2, 0) is 12.8 Å². The number of nitrogens with zero attached hydrogens (tertiary/aromatic N) is 1. The minimum atomic E-state index is -0.134. The maximum Gasteiger partial charge on any atom is 0.251 e. The molecule has 0 unspecified atom stereocenters. The van der Waals surface area contributed by atoms with Crippen molar-refractivity contribution in [3.8, 4) is 5.75 Å². The van der Waals surface area contributed by atoms with Crippen molar-refractivity contribution in [1.29, 1.82) is 0 Å². The van der Waals surface area contributed by atoms with Gasteiger partial charge < -0.3 is 19.5 Å². The number of carbonyl (C=O) groups is 1. The number of benzene rings is 3. The second-order valence-electron chi connectivity index (χ2n) is 7.68. The molecule has 0 radical (unpaired) electrons. The van der Waals surface area contributed by atoms with Crippen LogP contribution in [-0.4, -0.2) is 29.5 Å². The molecule has 0 aliphatic heterocycles. The molecule has 2 aromatic heterocycles. The number of amides is 1. The normalized spacial score (nSPS) is 11.2. The van der Waals surface area contributed by atoms with E-state index in [2.05, 4.69) is 15.3 Å². The van der Waals surface area contributed by atoms with Crippen molar-refractivity contribution in [3.05, 3.63) is 95.5 Å². The van der Waals surface area contributed by atoms with Gasteiger partial charge in [0.2, 0.25) is 0 Å². The number of ether oxygens (including phenoxy) is 1. The number of hydrogen-bond donors (Lipinski definition) is 2. The average Bonchev–Trinajstić information content (AvgIpc) is 3.42. The van der Waals surface area contributed by atoms with Gasteiger partial charge in [0.1, 0.15) is 11.3 Å². The van der Waals surface area contributed by atoms with Crippen molar-refractivity contribution in [2.45, 2.75) is 12.8 Å². The maximum absolute atomic E-state index is 12.7. The van der Waals surface area contributed by atoms with Crippen LogP contribution in [0.3, 0.4) is 0 Å². The number of carbonyl (C=O) groups excluding carboxylic acids is 1. The molecule has 5 aromatic rings. The van der Waals surface area contributed by atoms with Gasteiger partial charge in [-0.25, -0.2) is 4.98 Å². The Hall–Kier alpha value is -4.06. The highest BCUT2D eigenvalue weighted by atomic mass is 16.5. The van der Waals surface area contributed by atoms with Gasteiger partial charge in [0.15, 0.2) is 11.5 Å². The molecule has 32 heavy (non-hydrogen) atoms. The molecule has 5 rings (SSSR count). The number of hydrogen-bond acceptors (Lipinski definition) is 4. The number of rotatable bonds is 7. The highest BCUT2D eigenvalue weighted by Crippen LogP contribution is 2.24. The number of aromatic nitrogens is 2. The molecule has 0 aliphatic rings. The molecule has 0 bridgehead atoms. The lowest BCUT2D eigenvalue weighted by Gasteiger charge is -2.05. The first-order valence-corrected chi connectivity index (χ1v) is 10.6. The van der Waals surface area contributed by atoms with E-state index in [1.54, 1.807) is 19.2 Å². The van der Waals surface area contributed by atoms with Crippen LogP contribution in [0.25, 0.3) is 22.0 Å². The third-order valence-electron chi connectivity index (χ3n) is 5.55.